The van der Waals surface area contributed by atoms with Crippen LogP contribution in [0.2, 0.25) is 0 Å². The van der Waals surface area contributed by atoms with E-state index in [-0.39, 0.29) is 5.75 Å². The molecule has 27 heavy (non-hydrogen) atoms. The second kappa shape index (κ2) is 10.2. The van der Waals surface area contributed by atoms with Gasteiger partial charge in [-0.2, -0.15) is 8.78 Å². The summed E-state index contributed by atoms with van der Waals surface area (Å²) in [7, 11) is 1.95. The normalized spacial score (nSPS) is 11.7. The topological polar surface area (TPSA) is 49.8 Å². The first-order valence-electron chi connectivity index (χ1n) is 8.85. The predicted molar refractivity (Wildman–Crippen MR) is 106 cm³/mol. The Kier molecular flexibility index (Phi) is 7.97. The lowest BCUT2D eigenvalue weighted by Crippen LogP contribution is -2.38. The molecule has 0 saturated carbocycles. The smallest absolute Gasteiger partial charge is 0.387 e. The zero-order valence-electron chi connectivity index (χ0n) is 16.1. The van der Waals surface area contributed by atoms with Gasteiger partial charge in [-0.1, -0.05) is 12.1 Å². The van der Waals surface area contributed by atoms with Crippen molar-refractivity contribution in [2.45, 2.75) is 40.3 Å². The highest BCUT2D eigenvalue weighted by Gasteiger charge is 2.09. The molecular weight excluding hydrogens is 370 g/mol. The summed E-state index contributed by atoms with van der Waals surface area (Å²) in [6.45, 7) is 5.31. The molecule has 0 unspecified atom stereocenters. The van der Waals surface area contributed by atoms with E-state index in [1.165, 1.54) is 4.88 Å². The maximum absolute atomic E-state index is 12.2. The van der Waals surface area contributed by atoms with Crippen LogP contribution in [0.25, 0.3) is 0 Å². The van der Waals surface area contributed by atoms with Crippen molar-refractivity contribution >= 4 is 17.3 Å². The highest BCUT2D eigenvalue weighted by Crippen LogP contribution is 2.18. The van der Waals surface area contributed by atoms with Crippen molar-refractivity contribution in [1.29, 1.82) is 0 Å². The van der Waals surface area contributed by atoms with E-state index in [4.69, 9.17) is 4.99 Å². The van der Waals surface area contributed by atoms with Crippen LogP contribution in [0, 0.1) is 13.8 Å². The third kappa shape index (κ3) is 6.78. The summed E-state index contributed by atoms with van der Waals surface area (Å²) >= 11 is 1.72. The lowest BCUT2D eigenvalue weighted by Gasteiger charge is -2.22. The van der Waals surface area contributed by atoms with Crippen molar-refractivity contribution in [1.82, 2.24) is 15.2 Å². The van der Waals surface area contributed by atoms with E-state index in [9.17, 15) is 8.78 Å². The van der Waals surface area contributed by atoms with E-state index < -0.39 is 6.61 Å². The van der Waals surface area contributed by atoms with Crippen molar-refractivity contribution in [2.24, 2.45) is 4.99 Å². The summed E-state index contributed by atoms with van der Waals surface area (Å²) in [6, 6.07) is 6.66. The fourth-order valence-electron chi connectivity index (χ4n) is 2.66. The van der Waals surface area contributed by atoms with Crippen LogP contribution in [0.5, 0.6) is 5.75 Å². The van der Waals surface area contributed by atoms with Gasteiger partial charge >= 0.3 is 6.61 Å². The number of benzene rings is 1. The quantitative estimate of drug-likeness (QED) is 0.541. The number of thiazole rings is 1. The van der Waals surface area contributed by atoms with Crippen molar-refractivity contribution < 1.29 is 13.5 Å². The molecule has 0 spiro atoms. The van der Waals surface area contributed by atoms with Crippen LogP contribution < -0.4 is 10.1 Å². The van der Waals surface area contributed by atoms with E-state index >= 15 is 0 Å². The summed E-state index contributed by atoms with van der Waals surface area (Å²) in [4.78, 5) is 12.4. The second-order valence-corrected chi connectivity index (χ2v) is 7.39. The van der Waals surface area contributed by atoms with Crippen LogP contribution in [0.4, 0.5) is 8.78 Å². The number of nitrogens with zero attached hydrogens (tertiary/aromatic N) is 3. The molecule has 0 aliphatic carbocycles. The number of aryl methyl sites for hydroxylation is 2. The van der Waals surface area contributed by atoms with Crippen LogP contribution in [0.1, 0.15) is 28.1 Å². The first-order valence-corrected chi connectivity index (χ1v) is 9.66. The van der Waals surface area contributed by atoms with Crippen LogP contribution in [-0.4, -0.2) is 42.6 Å². The molecule has 5 nitrogen and oxygen atoms in total. The number of guanidine groups is 1. The Labute approximate surface area is 163 Å². The molecule has 0 radical (unpaired) electrons. The average Bonchev–Trinajstić information content (AvgIpc) is 2.93. The highest BCUT2D eigenvalue weighted by molar-refractivity contribution is 7.11. The molecule has 0 saturated heterocycles. The standard InChI is InChI=1S/C19H26F2N4OS/c1-5-22-19(23-11-10-17-13(2)24-14(3)27-17)25(4)12-15-6-8-16(9-7-15)26-18(20)21/h6-9,18H,5,10-12H2,1-4H3,(H,22,23). The molecule has 1 aromatic heterocycles. The number of hydrogen-bond acceptors (Lipinski definition) is 4. The van der Waals surface area contributed by atoms with Crippen molar-refractivity contribution in [3.05, 3.63) is 45.4 Å². The fourth-order valence-corrected chi connectivity index (χ4v) is 3.59. The molecule has 0 fully saturated rings. The first-order chi connectivity index (χ1) is 12.9. The lowest BCUT2D eigenvalue weighted by molar-refractivity contribution is -0.0498. The van der Waals surface area contributed by atoms with Gasteiger partial charge in [-0.15, -0.1) is 11.3 Å². The summed E-state index contributed by atoms with van der Waals surface area (Å²) in [5.41, 5.74) is 2.07. The van der Waals surface area contributed by atoms with Crippen molar-refractivity contribution in [3.8, 4) is 5.75 Å². The Morgan fingerprint density at radius 2 is 2.00 bits per heavy atom. The summed E-state index contributed by atoms with van der Waals surface area (Å²) < 4.78 is 28.8. The minimum absolute atomic E-state index is 0.159. The molecule has 8 heteroatoms. The Morgan fingerprint density at radius 3 is 2.56 bits per heavy atom. The molecule has 0 aliphatic rings. The average molecular weight is 397 g/mol. The summed E-state index contributed by atoms with van der Waals surface area (Å²) in [6.07, 6.45) is 0.861. The molecule has 1 heterocycles. The zero-order chi connectivity index (χ0) is 19.8. The monoisotopic (exact) mass is 396 g/mol. The Hall–Kier alpha value is -2.22. The van der Waals surface area contributed by atoms with Crippen LogP contribution >= 0.6 is 11.3 Å². The van der Waals surface area contributed by atoms with Gasteiger partial charge in [0.15, 0.2) is 5.96 Å². The van der Waals surface area contributed by atoms with Crippen LogP contribution in [0.15, 0.2) is 29.3 Å². The molecule has 1 N–H and O–H groups in total. The van der Waals surface area contributed by atoms with Crippen LogP contribution in [-0.2, 0) is 13.0 Å². The highest BCUT2D eigenvalue weighted by atomic mass is 32.1. The number of hydrogen-bond donors (Lipinski definition) is 1. The third-order valence-electron chi connectivity index (χ3n) is 3.86. The van der Waals surface area contributed by atoms with Crippen molar-refractivity contribution in [2.75, 3.05) is 20.1 Å². The molecule has 2 rings (SSSR count). The maximum atomic E-state index is 12.2. The molecule has 0 bridgehead atoms. The number of ether oxygens (including phenoxy) is 1. The largest absolute Gasteiger partial charge is 0.435 e. The second-order valence-electron chi connectivity index (χ2n) is 6.11. The number of nitrogens with one attached hydrogen (secondary N) is 1. The number of halogens is 2. The minimum atomic E-state index is -2.81. The molecule has 0 aliphatic heterocycles. The van der Waals surface area contributed by atoms with Gasteiger partial charge in [0.2, 0.25) is 0 Å². The van der Waals surface area contributed by atoms with Crippen LogP contribution in [0.3, 0.4) is 0 Å². The zero-order valence-corrected chi connectivity index (χ0v) is 16.9. The van der Waals surface area contributed by atoms with Gasteiger partial charge in [0.25, 0.3) is 0 Å². The maximum Gasteiger partial charge on any atom is 0.387 e. The Balaban J connectivity index is 1.96. The molecule has 2 aromatic rings. The van der Waals surface area contributed by atoms with Gasteiger partial charge in [-0.05, 0) is 38.5 Å². The van der Waals surface area contributed by atoms with Gasteiger partial charge in [-0.3, -0.25) is 4.99 Å². The molecule has 0 amide bonds. The Morgan fingerprint density at radius 1 is 1.30 bits per heavy atom. The number of aromatic nitrogens is 1. The molecule has 0 atom stereocenters. The van der Waals surface area contributed by atoms with Gasteiger partial charge in [0, 0.05) is 38.0 Å². The van der Waals surface area contributed by atoms with E-state index in [2.05, 4.69) is 15.0 Å². The van der Waals surface area contributed by atoms with Gasteiger partial charge in [0.05, 0.1) is 10.7 Å². The number of rotatable bonds is 8. The fraction of sp³-hybridized carbons (Fsp3) is 0.474. The summed E-state index contributed by atoms with van der Waals surface area (Å²) in [5.74, 6) is 0.969. The van der Waals surface area contributed by atoms with Gasteiger partial charge < -0.3 is 15.0 Å². The van der Waals surface area contributed by atoms with E-state index in [1.807, 2.05) is 32.7 Å². The van der Waals surface area contributed by atoms with E-state index in [0.29, 0.717) is 13.1 Å². The SMILES string of the molecule is CCNC(=NCCc1sc(C)nc1C)N(C)Cc1ccc(OC(F)F)cc1. The lowest BCUT2D eigenvalue weighted by atomic mass is 10.2. The van der Waals surface area contributed by atoms with Gasteiger partial charge in [0.1, 0.15) is 5.75 Å². The third-order valence-corrected chi connectivity index (χ3v) is 5.00. The van der Waals surface area contributed by atoms with Crippen molar-refractivity contribution in [3.63, 3.8) is 0 Å². The molecule has 1 aromatic carbocycles. The predicted octanol–water partition coefficient (Wildman–Crippen LogP) is 4.00. The Bertz CT molecular complexity index is 747. The molecular formula is C19H26F2N4OS. The minimum Gasteiger partial charge on any atom is -0.435 e. The number of alkyl halides is 2. The van der Waals surface area contributed by atoms with E-state index in [0.717, 1.165) is 35.2 Å². The van der Waals surface area contributed by atoms with Gasteiger partial charge in [-0.25, -0.2) is 4.98 Å². The molecule has 148 valence electrons. The number of aliphatic imine (C=N–C) groups is 1. The summed E-state index contributed by atoms with van der Waals surface area (Å²) in [5, 5.41) is 4.36. The first kappa shape index (κ1) is 21.1. The van der Waals surface area contributed by atoms with E-state index in [1.54, 1.807) is 35.6 Å².